The average Bonchev–Trinajstić information content (AvgIpc) is 2.91. The molecule has 4 rings (SSSR count). The average molecular weight is 524 g/mol. The maximum Gasteiger partial charge on any atom is 0.315 e. The van der Waals surface area contributed by atoms with Gasteiger partial charge in [0, 0.05) is 41.3 Å². The number of thioether (sulfide) groups is 1. The molecule has 2 aliphatic rings. The first-order chi connectivity index (χ1) is 17.9. The minimum atomic E-state index is -0.669. The molecule has 0 fully saturated rings. The number of allylic oxidation sites excluding steroid dienone is 2. The lowest BCUT2D eigenvalue weighted by Gasteiger charge is -2.36. The Morgan fingerprint density at radius 1 is 0.973 bits per heavy atom. The van der Waals surface area contributed by atoms with Crippen LogP contribution in [0.15, 0.2) is 63.6 Å². The lowest BCUT2D eigenvalue weighted by Crippen LogP contribution is -2.38. The molecule has 0 amide bonds. The Labute approximate surface area is 222 Å². The van der Waals surface area contributed by atoms with E-state index in [4.69, 9.17) is 23.9 Å². The Bertz CT molecular complexity index is 1220. The summed E-state index contributed by atoms with van der Waals surface area (Å²) in [4.78, 5) is 33.0. The summed E-state index contributed by atoms with van der Waals surface area (Å²) in [7, 11) is 4.76. The van der Waals surface area contributed by atoms with Gasteiger partial charge in [-0.05, 0) is 60.9 Å². The predicted molar refractivity (Wildman–Crippen MR) is 144 cm³/mol. The molecule has 1 unspecified atom stereocenters. The Hall–Kier alpha value is -3.10. The first-order valence-electron chi connectivity index (χ1n) is 12.2. The SMILES string of the molecule is COCCOC(=O)C1C(C)=NC2=C(C(=O)C[C@H](c3ccc(OC)c(OC)c3)C2)[C@@H]1c1ccc(SC)cc1. The van der Waals surface area contributed by atoms with Gasteiger partial charge in [0.15, 0.2) is 17.3 Å². The van der Waals surface area contributed by atoms with Crippen LogP contribution >= 0.6 is 11.8 Å². The van der Waals surface area contributed by atoms with Crippen molar-refractivity contribution in [3.05, 3.63) is 64.9 Å². The molecule has 8 heteroatoms. The second-order valence-electron chi connectivity index (χ2n) is 9.15. The Morgan fingerprint density at radius 3 is 2.32 bits per heavy atom. The molecule has 2 aromatic rings. The number of carbonyl (C=O) groups is 2. The minimum absolute atomic E-state index is 0.00548. The molecule has 0 radical (unpaired) electrons. The Morgan fingerprint density at radius 2 is 1.68 bits per heavy atom. The van der Waals surface area contributed by atoms with Crippen LogP contribution in [0.2, 0.25) is 0 Å². The van der Waals surface area contributed by atoms with Crippen molar-refractivity contribution in [2.24, 2.45) is 10.9 Å². The van der Waals surface area contributed by atoms with Gasteiger partial charge in [0.25, 0.3) is 0 Å². The summed E-state index contributed by atoms with van der Waals surface area (Å²) < 4.78 is 21.4. The highest BCUT2D eigenvalue weighted by Gasteiger charge is 2.44. The smallest absolute Gasteiger partial charge is 0.315 e. The largest absolute Gasteiger partial charge is 0.493 e. The van der Waals surface area contributed by atoms with Gasteiger partial charge in [-0.2, -0.15) is 0 Å². The van der Waals surface area contributed by atoms with E-state index in [1.165, 1.54) is 0 Å². The van der Waals surface area contributed by atoms with Crippen LogP contribution < -0.4 is 9.47 Å². The van der Waals surface area contributed by atoms with Gasteiger partial charge in [0.2, 0.25) is 0 Å². The van der Waals surface area contributed by atoms with E-state index in [1.54, 1.807) is 33.1 Å². The highest BCUT2D eigenvalue weighted by molar-refractivity contribution is 7.98. The number of esters is 1. The maximum atomic E-state index is 13.8. The minimum Gasteiger partial charge on any atom is -0.493 e. The van der Waals surface area contributed by atoms with E-state index in [1.807, 2.05) is 55.6 Å². The molecule has 1 heterocycles. The first kappa shape index (κ1) is 26.9. The molecule has 2 aromatic carbocycles. The number of carbonyl (C=O) groups excluding carboxylic acids is 2. The van der Waals surface area contributed by atoms with E-state index in [-0.39, 0.29) is 18.3 Å². The Balaban J connectivity index is 1.73. The van der Waals surface area contributed by atoms with Crippen LogP contribution in [0.25, 0.3) is 0 Å². The van der Waals surface area contributed by atoms with Gasteiger partial charge >= 0.3 is 5.97 Å². The number of hydrogen-bond acceptors (Lipinski definition) is 8. The number of rotatable bonds is 9. The fourth-order valence-electron chi connectivity index (χ4n) is 5.19. The van der Waals surface area contributed by atoms with Gasteiger partial charge in [-0.15, -0.1) is 11.8 Å². The van der Waals surface area contributed by atoms with Gasteiger partial charge in [-0.1, -0.05) is 18.2 Å². The number of Topliss-reactive ketones (excluding diaryl/α,β-unsaturated/α-hetero) is 1. The monoisotopic (exact) mass is 523 g/mol. The lowest BCUT2D eigenvalue weighted by molar-refractivity contribution is -0.147. The van der Waals surface area contributed by atoms with Crippen molar-refractivity contribution in [3.8, 4) is 11.5 Å². The fourth-order valence-corrected chi connectivity index (χ4v) is 5.60. The molecule has 196 valence electrons. The van der Waals surface area contributed by atoms with E-state index in [0.717, 1.165) is 21.7 Å². The van der Waals surface area contributed by atoms with Crippen molar-refractivity contribution in [2.75, 3.05) is 40.8 Å². The topological polar surface area (TPSA) is 83.4 Å². The molecule has 0 bridgehead atoms. The zero-order chi connectivity index (χ0) is 26.5. The van der Waals surface area contributed by atoms with Gasteiger partial charge in [0.1, 0.15) is 12.5 Å². The van der Waals surface area contributed by atoms with Crippen molar-refractivity contribution < 1.29 is 28.5 Å². The summed E-state index contributed by atoms with van der Waals surface area (Å²) in [6, 6.07) is 13.8. The van der Waals surface area contributed by atoms with Crippen LogP contribution in [-0.4, -0.2) is 58.3 Å². The van der Waals surface area contributed by atoms with Crippen molar-refractivity contribution in [1.29, 1.82) is 0 Å². The summed E-state index contributed by atoms with van der Waals surface area (Å²) in [5.41, 5.74) is 3.92. The van der Waals surface area contributed by atoms with Crippen molar-refractivity contribution in [3.63, 3.8) is 0 Å². The number of aliphatic imine (C=N–C) groups is 1. The second-order valence-corrected chi connectivity index (χ2v) is 10.0. The van der Waals surface area contributed by atoms with Crippen LogP contribution in [-0.2, 0) is 19.1 Å². The van der Waals surface area contributed by atoms with Crippen LogP contribution in [0, 0.1) is 5.92 Å². The number of ketones is 1. The summed E-state index contributed by atoms with van der Waals surface area (Å²) >= 11 is 1.64. The van der Waals surface area contributed by atoms with Crippen LogP contribution in [0.1, 0.15) is 42.7 Å². The number of ether oxygens (including phenoxy) is 4. The molecule has 0 spiro atoms. The number of methoxy groups -OCH3 is 3. The van der Waals surface area contributed by atoms with Crippen LogP contribution in [0.4, 0.5) is 0 Å². The van der Waals surface area contributed by atoms with Crippen molar-refractivity contribution in [1.82, 2.24) is 0 Å². The van der Waals surface area contributed by atoms with Crippen molar-refractivity contribution >= 4 is 29.2 Å². The van der Waals surface area contributed by atoms with E-state index >= 15 is 0 Å². The zero-order valence-corrected chi connectivity index (χ0v) is 22.7. The number of nitrogens with zero attached hydrogens (tertiary/aromatic N) is 1. The Kier molecular flexibility index (Phi) is 8.71. The summed E-state index contributed by atoms with van der Waals surface area (Å²) in [6.45, 7) is 2.31. The lowest BCUT2D eigenvalue weighted by atomic mass is 9.69. The quantitative estimate of drug-likeness (QED) is 0.254. The molecule has 3 atom stereocenters. The van der Waals surface area contributed by atoms with Crippen molar-refractivity contribution in [2.45, 2.75) is 36.5 Å². The molecule has 0 saturated carbocycles. The molecule has 1 aliphatic carbocycles. The normalized spacial score (nSPS) is 21.3. The fraction of sp³-hybridized carbons (Fsp3) is 0.414. The molecule has 37 heavy (non-hydrogen) atoms. The number of benzene rings is 2. The molecule has 0 saturated heterocycles. The summed E-state index contributed by atoms with van der Waals surface area (Å²) in [5, 5.41) is 0. The van der Waals surface area contributed by atoms with Gasteiger partial charge in [-0.25, -0.2) is 0 Å². The molecule has 0 N–H and O–H groups in total. The third-order valence-electron chi connectivity index (χ3n) is 7.03. The third kappa shape index (κ3) is 5.60. The van der Waals surface area contributed by atoms with E-state index in [9.17, 15) is 9.59 Å². The predicted octanol–water partition coefficient (Wildman–Crippen LogP) is 5.19. The molecule has 7 nitrogen and oxygen atoms in total. The van der Waals surface area contributed by atoms with E-state index in [2.05, 4.69) is 0 Å². The summed E-state index contributed by atoms with van der Waals surface area (Å²) in [6.07, 6.45) is 2.94. The maximum absolute atomic E-state index is 13.8. The zero-order valence-electron chi connectivity index (χ0n) is 21.9. The van der Waals surface area contributed by atoms with Crippen LogP contribution in [0.5, 0.6) is 11.5 Å². The van der Waals surface area contributed by atoms with E-state index < -0.39 is 17.8 Å². The highest BCUT2D eigenvalue weighted by Crippen LogP contribution is 2.47. The molecule has 0 aromatic heterocycles. The third-order valence-corrected chi connectivity index (χ3v) is 7.77. The highest BCUT2D eigenvalue weighted by atomic mass is 32.2. The molecule has 1 aliphatic heterocycles. The number of hydrogen-bond donors (Lipinski definition) is 0. The van der Waals surface area contributed by atoms with Crippen LogP contribution in [0.3, 0.4) is 0 Å². The first-order valence-corrected chi connectivity index (χ1v) is 13.5. The van der Waals surface area contributed by atoms with Gasteiger partial charge < -0.3 is 18.9 Å². The summed E-state index contributed by atoms with van der Waals surface area (Å²) in [5.74, 6) is -0.281. The van der Waals surface area contributed by atoms with E-state index in [0.29, 0.717) is 42.2 Å². The molecular formula is C29H33NO6S. The molecular weight excluding hydrogens is 490 g/mol. The van der Waals surface area contributed by atoms with Gasteiger partial charge in [-0.3, -0.25) is 14.6 Å². The second kappa shape index (κ2) is 12.0. The standard InChI is InChI=1S/C29H33NO6S/c1-17-26(29(32)36-13-12-33-2)27(18-6-9-21(37-5)10-7-18)28-22(30-17)14-20(15-23(28)31)19-8-11-24(34-3)25(16-19)35-4/h6-11,16,20,26-27H,12-15H2,1-5H3/t20-,26?,27-/m1/s1. The van der Waals surface area contributed by atoms with Gasteiger partial charge in [0.05, 0.1) is 20.8 Å².